The number of aromatic nitrogens is 1. The summed E-state index contributed by atoms with van der Waals surface area (Å²) in [7, 11) is 0. The summed E-state index contributed by atoms with van der Waals surface area (Å²) in [5.74, 6) is -1.14. The van der Waals surface area contributed by atoms with Gasteiger partial charge in [-0.3, -0.25) is 34.2 Å². The molecule has 1 unspecified atom stereocenters. The summed E-state index contributed by atoms with van der Waals surface area (Å²) in [5, 5.41) is 6.55. The summed E-state index contributed by atoms with van der Waals surface area (Å²) in [6, 6.07) is 19.7. The maximum Gasteiger partial charge on any atom is 0.262 e. The van der Waals surface area contributed by atoms with Crippen LogP contribution in [0.15, 0.2) is 75.9 Å². The average molecular weight is 774 g/mol. The molecule has 3 fully saturated rings. The molecule has 2 aromatic heterocycles. The van der Waals surface area contributed by atoms with E-state index in [1.54, 1.807) is 36.4 Å². The number of hydrogen-bond donors (Lipinski definition) is 3. The molecule has 286 valence electrons. The highest BCUT2D eigenvalue weighted by molar-refractivity contribution is 6.35. The highest BCUT2D eigenvalue weighted by Crippen LogP contribution is 2.34. The third-order valence-electron chi connectivity index (χ3n) is 11.7. The van der Waals surface area contributed by atoms with Crippen molar-refractivity contribution in [2.45, 2.75) is 50.6 Å². The lowest BCUT2D eigenvalue weighted by Gasteiger charge is -2.38. The van der Waals surface area contributed by atoms with Gasteiger partial charge in [0, 0.05) is 62.1 Å². The maximum atomic E-state index is 13.3. The number of anilines is 3. The van der Waals surface area contributed by atoms with E-state index in [1.165, 1.54) is 0 Å². The van der Waals surface area contributed by atoms with E-state index in [2.05, 4.69) is 25.4 Å². The first-order chi connectivity index (χ1) is 27.1. The second-order valence-electron chi connectivity index (χ2n) is 15.2. The third-order valence-corrected chi connectivity index (χ3v) is 12.0. The number of carbonyl (C=O) groups excluding carboxylic acids is 4. The topological polar surface area (TPSA) is 171 Å². The van der Waals surface area contributed by atoms with Gasteiger partial charge in [0.25, 0.3) is 11.8 Å². The summed E-state index contributed by atoms with van der Waals surface area (Å²) in [5.41, 5.74) is 11.0. The smallest absolute Gasteiger partial charge is 0.262 e. The van der Waals surface area contributed by atoms with Crippen molar-refractivity contribution < 1.29 is 23.6 Å². The normalized spacial score (nSPS) is 19.9. The van der Waals surface area contributed by atoms with E-state index in [0.717, 1.165) is 80.2 Å². The number of nitrogens with two attached hydrogens (primary N) is 1. The number of halogens is 1. The Kier molecular flexibility index (Phi) is 9.21. The Balaban J connectivity index is 0.763. The second kappa shape index (κ2) is 14.4. The minimum Gasteiger partial charge on any atom is -0.454 e. The molecule has 0 aliphatic carbocycles. The average Bonchev–Trinajstić information content (AvgIpc) is 3.44. The highest BCUT2D eigenvalue weighted by atomic mass is 35.5. The lowest BCUT2D eigenvalue weighted by atomic mass is 9.94. The van der Waals surface area contributed by atoms with Gasteiger partial charge in [-0.15, -0.1) is 0 Å². The monoisotopic (exact) mass is 773 g/mol. The summed E-state index contributed by atoms with van der Waals surface area (Å²) in [4.78, 5) is 73.8. The van der Waals surface area contributed by atoms with E-state index in [9.17, 15) is 24.0 Å². The molecule has 0 saturated carbocycles. The molecule has 13 nitrogen and oxygen atoms in total. The van der Waals surface area contributed by atoms with Gasteiger partial charge in [-0.05, 0) is 92.1 Å². The molecule has 5 aromatic rings. The number of benzene rings is 3. The summed E-state index contributed by atoms with van der Waals surface area (Å²) < 4.78 is 6.01. The Bertz CT molecular complexity index is 2490. The molecule has 4 amide bonds. The number of amides is 4. The van der Waals surface area contributed by atoms with Crippen LogP contribution >= 0.6 is 11.6 Å². The number of hydrogen-bond acceptors (Lipinski definition) is 11. The fourth-order valence-corrected chi connectivity index (χ4v) is 8.92. The van der Waals surface area contributed by atoms with Crippen LogP contribution in [-0.4, -0.2) is 83.2 Å². The van der Waals surface area contributed by atoms with Crippen LogP contribution in [0.25, 0.3) is 33.2 Å². The quantitative estimate of drug-likeness (QED) is 0.142. The predicted octanol–water partition coefficient (Wildman–Crippen LogP) is 5.44. The van der Waals surface area contributed by atoms with Crippen molar-refractivity contribution in [3.63, 3.8) is 0 Å². The van der Waals surface area contributed by atoms with Crippen LogP contribution in [0, 0.1) is 5.92 Å². The largest absolute Gasteiger partial charge is 0.454 e. The highest BCUT2D eigenvalue weighted by Gasteiger charge is 2.45. The number of likely N-dealkylation sites (tertiary alicyclic amines) is 1. The van der Waals surface area contributed by atoms with Crippen molar-refractivity contribution >= 4 is 74.5 Å². The van der Waals surface area contributed by atoms with Crippen molar-refractivity contribution in [1.82, 2.24) is 20.1 Å². The van der Waals surface area contributed by atoms with Gasteiger partial charge in [0.2, 0.25) is 17.2 Å². The number of fused-ring (bicyclic) bond motifs is 3. The van der Waals surface area contributed by atoms with Gasteiger partial charge < -0.3 is 25.3 Å². The van der Waals surface area contributed by atoms with Crippen LogP contribution in [0.4, 0.5) is 17.2 Å². The van der Waals surface area contributed by atoms with Gasteiger partial charge in [0.1, 0.15) is 17.4 Å². The Morgan fingerprint density at radius 1 is 0.821 bits per heavy atom. The third kappa shape index (κ3) is 6.54. The lowest BCUT2D eigenvalue weighted by Crippen LogP contribution is -2.54. The Morgan fingerprint density at radius 2 is 1.57 bits per heavy atom. The van der Waals surface area contributed by atoms with E-state index in [4.69, 9.17) is 21.8 Å². The Labute approximate surface area is 326 Å². The molecule has 56 heavy (non-hydrogen) atoms. The molecule has 0 spiro atoms. The minimum absolute atomic E-state index is 0.0944. The van der Waals surface area contributed by atoms with Crippen molar-refractivity contribution in [2.24, 2.45) is 5.92 Å². The van der Waals surface area contributed by atoms with Crippen LogP contribution < -0.4 is 26.7 Å². The van der Waals surface area contributed by atoms with E-state index < -0.39 is 23.8 Å². The molecule has 3 saturated heterocycles. The summed E-state index contributed by atoms with van der Waals surface area (Å²) >= 11 is 6.27. The molecular formula is C42H40ClN7O6. The van der Waals surface area contributed by atoms with Gasteiger partial charge in [0.05, 0.1) is 21.5 Å². The van der Waals surface area contributed by atoms with Crippen molar-refractivity contribution in [3.05, 3.63) is 93.1 Å². The number of nitrogens with zero attached hydrogens (tertiary/aromatic N) is 4. The van der Waals surface area contributed by atoms with Crippen LogP contribution in [0.5, 0.6) is 0 Å². The van der Waals surface area contributed by atoms with E-state index in [1.807, 2.05) is 30.3 Å². The van der Waals surface area contributed by atoms with Gasteiger partial charge in [0.15, 0.2) is 11.1 Å². The first-order valence-electron chi connectivity index (χ1n) is 19.1. The first kappa shape index (κ1) is 35.9. The zero-order valence-corrected chi connectivity index (χ0v) is 31.3. The fraction of sp³-hybridized carbons (Fsp3) is 0.333. The van der Waals surface area contributed by atoms with E-state index in [-0.39, 0.29) is 35.5 Å². The fourth-order valence-electron chi connectivity index (χ4n) is 8.66. The molecule has 6 heterocycles. The minimum atomic E-state index is -0.968. The number of rotatable bonds is 7. The number of nitrogens with one attached hydrogen (secondary N) is 2. The molecule has 4 aliphatic rings. The predicted molar refractivity (Wildman–Crippen MR) is 214 cm³/mol. The zero-order valence-electron chi connectivity index (χ0n) is 30.6. The van der Waals surface area contributed by atoms with E-state index >= 15 is 0 Å². The van der Waals surface area contributed by atoms with Crippen molar-refractivity contribution in [3.8, 4) is 11.1 Å². The van der Waals surface area contributed by atoms with Gasteiger partial charge in [-0.1, -0.05) is 29.8 Å². The molecule has 0 radical (unpaired) electrons. The molecular weight excluding hydrogens is 734 g/mol. The van der Waals surface area contributed by atoms with Crippen LogP contribution in [-0.2, 0) is 9.59 Å². The molecule has 0 bridgehead atoms. The van der Waals surface area contributed by atoms with Crippen molar-refractivity contribution in [2.75, 3.05) is 48.7 Å². The number of carbonyl (C=O) groups is 4. The molecule has 4 aliphatic heterocycles. The zero-order chi connectivity index (χ0) is 38.7. The van der Waals surface area contributed by atoms with Crippen LogP contribution in [0.3, 0.4) is 0 Å². The van der Waals surface area contributed by atoms with Crippen molar-refractivity contribution in [1.29, 1.82) is 0 Å². The second-order valence-corrected chi connectivity index (χ2v) is 15.6. The molecule has 4 N–H and O–H groups in total. The van der Waals surface area contributed by atoms with Crippen LogP contribution in [0.1, 0.15) is 59.2 Å². The summed E-state index contributed by atoms with van der Waals surface area (Å²) in [6.45, 7) is 4.81. The number of imide groups is 2. The number of nitrogen functional groups attached to an aromatic ring is 1. The van der Waals surface area contributed by atoms with Gasteiger partial charge in [-0.2, -0.15) is 0 Å². The van der Waals surface area contributed by atoms with Crippen LogP contribution in [0.2, 0.25) is 5.02 Å². The number of piperidine rings is 3. The summed E-state index contributed by atoms with van der Waals surface area (Å²) in [6.07, 6.45) is 4.38. The van der Waals surface area contributed by atoms with E-state index in [0.29, 0.717) is 50.2 Å². The first-order valence-corrected chi connectivity index (χ1v) is 19.5. The number of pyridine rings is 1. The maximum absolute atomic E-state index is 13.3. The van der Waals surface area contributed by atoms with Gasteiger partial charge >= 0.3 is 0 Å². The SMILES string of the molecule is Nc1nc2c(=O)c3c(Cl)cccc3oc2cc1-c1ccc(NC2CCN(CC3CCN(c4ccc5c(c4)C(=O)N(C4CCC(=O)NC4=O)C5=O)CC3)CC2)cc1. The Hall–Kier alpha value is -5.79. The molecule has 1 atom stereocenters. The lowest BCUT2D eigenvalue weighted by molar-refractivity contribution is -0.136. The molecule has 9 rings (SSSR count). The molecule has 14 heteroatoms. The molecule has 3 aromatic carbocycles. The Morgan fingerprint density at radius 3 is 2.32 bits per heavy atom. The standard InChI is InChI=1S/C42H40ClN7O6/c43-31-2-1-3-33-36(31)38(52)37-34(56-33)21-29(39(44)47-37)24-4-6-25(7-5-24)45-26-14-16-48(17-15-26)22-23-12-18-49(19-13-23)27-8-9-28-30(20-27)42(55)50(41(28)54)32-10-11-35(51)46-40(32)53/h1-9,20-21,23,26,32,45H,10-19,22H2,(H2,44,47)(H,46,51,53). The van der Waals surface area contributed by atoms with Gasteiger partial charge in [-0.25, -0.2) is 4.98 Å².